The Kier molecular flexibility index (Phi) is 3.99. The molecule has 2 heterocycles. The maximum atomic E-state index is 11.7. The van der Waals surface area contributed by atoms with E-state index in [9.17, 15) is 4.79 Å². The molecule has 0 bridgehead atoms. The number of hydrogen-bond acceptors (Lipinski definition) is 5. The van der Waals surface area contributed by atoms with Crippen LogP contribution in [0.2, 0.25) is 0 Å². The molecule has 0 saturated heterocycles. The van der Waals surface area contributed by atoms with Crippen molar-refractivity contribution in [1.82, 2.24) is 10.2 Å². The lowest BCUT2D eigenvalue weighted by Crippen LogP contribution is -2.12. The number of nitrogens with zero attached hydrogens (tertiary/aromatic N) is 2. The van der Waals surface area contributed by atoms with Gasteiger partial charge < -0.3 is 9.73 Å². The molecule has 0 aliphatic heterocycles. The summed E-state index contributed by atoms with van der Waals surface area (Å²) in [6.07, 6.45) is 1.45. The molecular weight excluding hydrogens is 250 g/mol. The molecule has 1 amide bonds. The van der Waals surface area contributed by atoms with Gasteiger partial charge in [0.15, 0.2) is 11.6 Å². The summed E-state index contributed by atoms with van der Waals surface area (Å²) in [5, 5.41) is 11.8. The van der Waals surface area contributed by atoms with E-state index in [1.165, 1.54) is 6.26 Å². The Morgan fingerprint density at radius 3 is 2.72 bits per heavy atom. The first-order chi connectivity index (χ1) is 8.65. The van der Waals surface area contributed by atoms with Crippen LogP contribution >= 0.6 is 11.8 Å². The maximum absolute atomic E-state index is 11.7. The molecule has 0 radical (unpaired) electrons. The van der Waals surface area contributed by atoms with Crippen LogP contribution in [0.1, 0.15) is 24.4 Å². The summed E-state index contributed by atoms with van der Waals surface area (Å²) in [5.41, 5.74) is 0. The summed E-state index contributed by atoms with van der Waals surface area (Å²) >= 11 is 1.62. The Hall–Kier alpha value is -1.82. The van der Waals surface area contributed by atoms with Gasteiger partial charge in [-0.1, -0.05) is 13.8 Å². The molecule has 2 aromatic heterocycles. The van der Waals surface area contributed by atoms with Crippen molar-refractivity contribution in [3.8, 4) is 0 Å². The average molecular weight is 263 g/mol. The summed E-state index contributed by atoms with van der Waals surface area (Å²) in [4.78, 5) is 11.7. The minimum atomic E-state index is -0.335. The molecule has 0 saturated carbocycles. The SMILES string of the molecule is CC(C)Sc1ccc(NC(=O)c2ccco2)nn1. The highest BCUT2D eigenvalue weighted by molar-refractivity contribution is 7.99. The molecule has 0 aromatic carbocycles. The fraction of sp³-hybridized carbons (Fsp3) is 0.250. The minimum absolute atomic E-state index is 0.248. The fourth-order valence-electron chi connectivity index (χ4n) is 1.28. The highest BCUT2D eigenvalue weighted by Gasteiger charge is 2.09. The Bertz CT molecular complexity index is 509. The number of nitrogens with one attached hydrogen (secondary N) is 1. The Morgan fingerprint density at radius 1 is 1.33 bits per heavy atom. The lowest BCUT2D eigenvalue weighted by Gasteiger charge is -2.04. The zero-order valence-electron chi connectivity index (χ0n) is 10.1. The molecule has 1 N–H and O–H groups in total. The van der Waals surface area contributed by atoms with Gasteiger partial charge in [0, 0.05) is 5.25 Å². The van der Waals surface area contributed by atoms with Crippen LogP contribution < -0.4 is 5.32 Å². The number of furan rings is 1. The van der Waals surface area contributed by atoms with E-state index in [2.05, 4.69) is 29.4 Å². The molecule has 94 valence electrons. The molecular formula is C12H13N3O2S. The third kappa shape index (κ3) is 3.33. The molecule has 6 heteroatoms. The largest absolute Gasteiger partial charge is 0.459 e. The number of rotatable bonds is 4. The van der Waals surface area contributed by atoms with Crippen molar-refractivity contribution in [3.63, 3.8) is 0 Å². The predicted octanol–water partition coefficient (Wildman–Crippen LogP) is 2.82. The third-order valence-electron chi connectivity index (χ3n) is 1.98. The third-order valence-corrected chi connectivity index (χ3v) is 2.91. The van der Waals surface area contributed by atoms with E-state index in [4.69, 9.17) is 4.42 Å². The Labute approximate surface area is 109 Å². The zero-order valence-corrected chi connectivity index (χ0v) is 10.9. The standard InChI is InChI=1S/C12H13N3O2S/c1-8(2)18-11-6-5-10(14-15-11)13-12(16)9-4-3-7-17-9/h3-8H,1-2H3,(H,13,14,16). The summed E-state index contributed by atoms with van der Waals surface area (Å²) in [5.74, 6) is 0.320. The first-order valence-electron chi connectivity index (χ1n) is 5.50. The van der Waals surface area contributed by atoms with Gasteiger partial charge in [-0.25, -0.2) is 0 Å². The summed E-state index contributed by atoms with van der Waals surface area (Å²) < 4.78 is 4.98. The van der Waals surface area contributed by atoms with E-state index >= 15 is 0 Å². The Balaban J connectivity index is 2.00. The second-order valence-electron chi connectivity index (χ2n) is 3.85. The molecule has 2 rings (SSSR count). The van der Waals surface area contributed by atoms with Crippen molar-refractivity contribution in [2.24, 2.45) is 0 Å². The van der Waals surface area contributed by atoms with Crippen LogP contribution in [0.3, 0.4) is 0 Å². The number of carbonyl (C=O) groups excluding carboxylic acids is 1. The summed E-state index contributed by atoms with van der Waals surface area (Å²) in [7, 11) is 0. The second-order valence-corrected chi connectivity index (χ2v) is 5.45. The average Bonchev–Trinajstić information content (AvgIpc) is 2.84. The van der Waals surface area contributed by atoms with E-state index in [-0.39, 0.29) is 11.7 Å². The fourth-order valence-corrected chi connectivity index (χ4v) is 1.99. The molecule has 5 nitrogen and oxygen atoms in total. The first-order valence-corrected chi connectivity index (χ1v) is 6.38. The normalized spacial score (nSPS) is 10.6. The van der Waals surface area contributed by atoms with E-state index in [1.807, 2.05) is 6.07 Å². The molecule has 0 aliphatic rings. The highest BCUT2D eigenvalue weighted by Crippen LogP contribution is 2.20. The van der Waals surface area contributed by atoms with Crippen molar-refractivity contribution in [1.29, 1.82) is 0 Å². The predicted molar refractivity (Wildman–Crippen MR) is 69.7 cm³/mol. The Morgan fingerprint density at radius 2 is 2.17 bits per heavy atom. The monoisotopic (exact) mass is 263 g/mol. The van der Waals surface area contributed by atoms with Crippen molar-refractivity contribution in [2.75, 3.05) is 5.32 Å². The van der Waals surface area contributed by atoms with Gasteiger partial charge in [0.1, 0.15) is 5.03 Å². The van der Waals surface area contributed by atoms with Crippen LogP contribution in [0.4, 0.5) is 5.82 Å². The number of thioether (sulfide) groups is 1. The van der Waals surface area contributed by atoms with Crippen LogP contribution in [-0.2, 0) is 0 Å². The van der Waals surface area contributed by atoms with Gasteiger partial charge in [0.25, 0.3) is 5.91 Å². The molecule has 0 atom stereocenters. The van der Waals surface area contributed by atoms with Crippen molar-refractivity contribution >= 4 is 23.5 Å². The summed E-state index contributed by atoms with van der Waals surface area (Å²) in [6, 6.07) is 6.79. The lowest BCUT2D eigenvalue weighted by atomic mass is 10.4. The van der Waals surface area contributed by atoms with E-state index < -0.39 is 0 Å². The number of hydrogen-bond donors (Lipinski definition) is 1. The van der Waals surface area contributed by atoms with E-state index in [1.54, 1.807) is 30.0 Å². The van der Waals surface area contributed by atoms with Crippen LogP contribution in [0, 0.1) is 0 Å². The quantitative estimate of drug-likeness (QED) is 0.859. The molecule has 0 fully saturated rings. The molecule has 0 unspecified atom stereocenters. The molecule has 18 heavy (non-hydrogen) atoms. The second kappa shape index (κ2) is 5.68. The van der Waals surface area contributed by atoms with Crippen molar-refractivity contribution < 1.29 is 9.21 Å². The van der Waals surface area contributed by atoms with Gasteiger partial charge in [0.2, 0.25) is 0 Å². The highest BCUT2D eigenvalue weighted by atomic mass is 32.2. The first kappa shape index (κ1) is 12.6. The minimum Gasteiger partial charge on any atom is -0.459 e. The van der Waals surface area contributed by atoms with Crippen LogP contribution in [-0.4, -0.2) is 21.4 Å². The smallest absolute Gasteiger partial charge is 0.292 e. The van der Waals surface area contributed by atoms with E-state index in [0.717, 1.165) is 5.03 Å². The van der Waals surface area contributed by atoms with Crippen LogP contribution in [0.5, 0.6) is 0 Å². The zero-order chi connectivity index (χ0) is 13.0. The molecule has 0 aliphatic carbocycles. The number of carbonyl (C=O) groups is 1. The van der Waals surface area contributed by atoms with Gasteiger partial charge >= 0.3 is 0 Å². The van der Waals surface area contributed by atoms with Crippen LogP contribution in [0.25, 0.3) is 0 Å². The van der Waals surface area contributed by atoms with Crippen molar-refractivity contribution in [2.45, 2.75) is 24.1 Å². The van der Waals surface area contributed by atoms with Gasteiger partial charge in [0.05, 0.1) is 6.26 Å². The summed E-state index contributed by atoms with van der Waals surface area (Å²) in [6.45, 7) is 4.16. The van der Waals surface area contributed by atoms with E-state index in [0.29, 0.717) is 11.1 Å². The molecule has 2 aromatic rings. The van der Waals surface area contributed by atoms with Crippen LogP contribution in [0.15, 0.2) is 40.0 Å². The number of anilines is 1. The van der Waals surface area contributed by atoms with Gasteiger partial charge in [-0.15, -0.1) is 22.0 Å². The lowest BCUT2D eigenvalue weighted by molar-refractivity contribution is 0.0996. The topological polar surface area (TPSA) is 68.0 Å². The van der Waals surface area contributed by atoms with Gasteiger partial charge in [-0.05, 0) is 24.3 Å². The van der Waals surface area contributed by atoms with Crippen molar-refractivity contribution in [3.05, 3.63) is 36.3 Å². The van der Waals surface area contributed by atoms with Gasteiger partial charge in [-0.2, -0.15) is 0 Å². The molecule has 0 spiro atoms. The number of amides is 1. The van der Waals surface area contributed by atoms with Gasteiger partial charge in [-0.3, -0.25) is 4.79 Å². The maximum Gasteiger partial charge on any atom is 0.292 e. The number of aromatic nitrogens is 2.